The van der Waals surface area contributed by atoms with Gasteiger partial charge in [-0.05, 0) is 36.5 Å². The van der Waals surface area contributed by atoms with E-state index in [0.717, 1.165) is 0 Å². The van der Waals surface area contributed by atoms with Crippen molar-refractivity contribution in [1.29, 1.82) is 0 Å². The lowest BCUT2D eigenvalue weighted by molar-refractivity contribution is -0.129. The summed E-state index contributed by atoms with van der Waals surface area (Å²) < 4.78 is 0. The lowest BCUT2D eigenvalue weighted by Gasteiger charge is -2.22. The van der Waals surface area contributed by atoms with Crippen LogP contribution in [0.15, 0.2) is 24.3 Å². The summed E-state index contributed by atoms with van der Waals surface area (Å²) in [6.45, 7) is 0.204. The van der Waals surface area contributed by atoms with Crippen LogP contribution in [-0.2, 0) is 4.79 Å². The van der Waals surface area contributed by atoms with Gasteiger partial charge < -0.3 is 5.32 Å². The molecular formula is C16H22N2O3. The van der Waals surface area contributed by atoms with E-state index in [2.05, 4.69) is 5.32 Å². The van der Waals surface area contributed by atoms with Crippen molar-refractivity contribution in [3.05, 3.63) is 35.4 Å². The average molecular weight is 290 g/mol. The van der Waals surface area contributed by atoms with Crippen LogP contribution in [-0.4, -0.2) is 23.6 Å². The maximum Gasteiger partial charge on any atom is 0.251 e. The molecule has 1 aromatic rings. The predicted octanol–water partition coefficient (Wildman–Crippen LogP) is 2.36. The summed E-state index contributed by atoms with van der Waals surface area (Å²) in [5.74, 6) is -0.0806. The lowest BCUT2D eigenvalue weighted by Crippen LogP contribution is -2.29. The van der Waals surface area contributed by atoms with Crippen molar-refractivity contribution in [1.82, 2.24) is 10.8 Å². The van der Waals surface area contributed by atoms with E-state index in [-0.39, 0.29) is 18.9 Å². The van der Waals surface area contributed by atoms with Gasteiger partial charge in [0.15, 0.2) is 0 Å². The van der Waals surface area contributed by atoms with Gasteiger partial charge in [0, 0.05) is 18.5 Å². The van der Waals surface area contributed by atoms with Gasteiger partial charge in [0.25, 0.3) is 5.91 Å². The van der Waals surface area contributed by atoms with Crippen LogP contribution in [0, 0.1) is 0 Å². The highest BCUT2D eigenvalue weighted by Crippen LogP contribution is 2.32. The Morgan fingerprint density at radius 3 is 2.38 bits per heavy atom. The normalized spacial score (nSPS) is 15.5. The Kier molecular flexibility index (Phi) is 5.75. The Morgan fingerprint density at radius 2 is 1.76 bits per heavy atom. The van der Waals surface area contributed by atoms with Crippen molar-refractivity contribution in [3.8, 4) is 0 Å². The highest BCUT2D eigenvalue weighted by molar-refractivity contribution is 5.94. The summed E-state index contributed by atoms with van der Waals surface area (Å²) in [7, 11) is 0. The van der Waals surface area contributed by atoms with Crippen molar-refractivity contribution in [2.45, 2.75) is 44.4 Å². The SMILES string of the molecule is O=C(CCNC(=O)c1ccc(C2CCCCC2)cc1)NO. The first-order valence-electron chi connectivity index (χ1n) is 7.52. The third kappa shape index (κ3) is 4.56. The molecule has 1 aliphatic carbocycles. The minimum atomic E-state index is -0.511. The van der Waals surface area contributed by atoms with Gasteiger partial charge in [-0.3, -0.25) is 14.8 Å². The van der Waals surface area contributed by atoms with Crippen LogP contribution in [0.4, 0.5) is 0 Å². The van der Waals surface area contributed by atoms with Gasteiger partial charge in [0.1, 0.15) is 0 Å². The Morgan fingerprint density at radius 1 is 1.10 bits per heavy atom. The Hall–Kier alpha value is -1.88. The summed E-state index contributed by atoms with van der Waals surface area (Å²) in [5, 5.41) is 11.0. The minimum absolute atomic E-state index is 0.0579. The number of hydrogen-bond acceptors (Lipinski definition) is 3. The first-order valence-corrected chi connectivity index (χ1v) is 7.52. The highest BCUT2D eigenvalue weighted by Gasteiger charge is 2.15. The quantitative estimate of drug-likeness (QED) is 0.575. The molecule has 1 fully saturated rings. The molecule has 0 heterocycles. The minimum Gasteiger partial charge on any atom is -0.352 e. The summed E-state index contributed by atoms with van der Waals surface area (Å²) in [6.07, 6.45) is 6.45. The standard InChI is InChI=1S/C16H22N2O3/c19-15(18-21)10-11-17-16(20)14-8-6-13(7-9-14)12-4-2-1-3-5-12/h6-9,12,21H,1-5,10-11H2,(H,17,20)(H,18,19). The molecule has 0 unspecified atom stereocenters. The lowest BCUT2D eigenvalue weighted by atomic mass is 9.84. The molecule has 2 rings (SSSR count). The third-order valence-electron chi connectivity index (χ3n) is 4.01. The van der Waals surface area contributed by atoms with Crippen LogP contribution >= 0.6 is 0 Å². The molecule has 0 radical (unpaired) electrons. The largest absolute Gasteiger partial charge is 0.352 e. The van der Waals surface area contributed by atoms with Crippen molar-refractivity contribution in [2.75, 3.05) is 6.54 Å². The molecule has 0 aromatic heterocycles. The number of carbonyl (C=O) groups excluding carboxylic acids is 2. The van der Waals surface area contributed by atoms with E-state index in [1.807, 2.05) is 24.3 Å². The van der Waals surface area contributed by atoms with Gasteiger partial charge in [-0.1, -0.05) is 31.4 Å². The van der Waals surface area contributed by atoms with Gasteiger partial charge in [-0.15, -0.1) is 0 Å². The van der Waals surface area contributed by atoms with Crippen LogP contribution in [0.25, 0.3) is 0 Å². The highest BCUT2D eigenvalue weighted by atomic mass is 16.5. The number of hydrogen-bond donors (Lipinski definition) is 3. The maximum absolute atomic E-state index is 11.9. The van der Waals surface area contributed by atoms with Crippen molar-refractivity contribution in [3.63, 3.8) is 0 Å². The Balaban J connectivity index is 1.86. The van der Waals surface area contributed by atoms with E-state index in [0.29, 0.717) is 11.5 Å². The van der Waals surface area contributed by atoms with Gasteiger partial charge in [0.05, 0.1) is 0 Å². The van der Waals surface area contributed by atoms with Crippen molar-refractivity contribution < 1.29 is 14.8 Å². The molecular weight excluding hydrogens is 268 g/mol. The molecule has 0 saturated heterocycles. The van der Waals surface area contributed by atoms with Crippen molar-refractivity contribution in [2.24, 2.45) is 0 Å². The topological polar surface area (TPSA) is 78.4 Å². The molecule has 0 spiro atoms. The van der Waals surface area contributed by atoms with Gasteiger partial charge >= 0.3 is 0 Å². The Bertz CT molecular complexity index is 479. The summed E-state index contributed by atoms with van der Waals surface area (Å²) >= 11 is 0. The van der Waals surface area contributed by atoms with Crippen molar-refractivity contribution >= 4 is 11.8 Å². The molecule has 1 aromatic carbocycles. The second-order valence-electron chi connectivity index (χ2n) is 5.50. The number of benzene rings is 1. The zero-order valence-electron chi connectivity index (χ0n) is 12.1. The fraction of sp³-hybridized carbons (Fsp3) is 0.500. The first kappa shape index (κ1) is 15.5. The predicted molar refractivity (Wildman–Crippen MR) is 79.1 cm³/mol. The zero-order chi connectivity index (χ0) is 15.1. The monoisotopic (exact) mass is 290 g/mol. The summed E-state index contributed by atoms with van der Waals surface area (Å²) in [5.41, 5.74) is 3.44. The van der Waals surface area contributed by atoms with Gasteiger partial charge in [0.2, 0.25) is 5.91 Å². The van der Waals surface area contributed by atoms with E-state index in [1.54, 1.807) is 0 Å². The van der Waals surface area contributed by atoms with Crippen LogP contribution in [0.5, 0.6) is 0 Å². The number of amides is 2. The molecule has 0 bridgehead atoms. The fourth-order valence-electron chi connectivity index (χ4n) is 2.79. The second-order valence-corrected chi connectivity index (χ2v) is 5.50. The molecule has 3 N–H and O–H groups in total. The number of nitrogens with one attached hydrogen (secondary N) is 2. The van der Waals surface area contributed by atoms with E-state index in [1.165, 1.54) is 43.1 Å². The Labute approximate surface area is 124 Å². The van der Waals surface area contributed by atoms with Crippen LogP contribution in [0.2, 0.25) is 0 Å². The molecule has 5 heteroatoms. The molecule has 1 aliphatic rings. The third-order valence-corrected chi connectivity index (χ3v) is 4.01. The molecule has 2 amide bonds. The molecule has 21 heavy (non-hydrogen) atoms. The molecule has 1 saturated carbocycles. The summed E-state index contributed by atoms with van der Waals surface area (Å²) in [4.78, 5) is 22.7. The molecule has 0 atom stereocenters. The fourth-order valence-corrected chi connectivity index (χ4v) is 2.79. The number of carbonyl (C=O) groups is 2. The zero-order valence-corrected chi connectivity index (χ0v) is 12.1. The second kappa shape index (κ2) is 7.78. The van der Waals surface area contributed by atoms with E-state index >= 15 is 0 Å². The maximum atomic E-state index is 11.9. The average Bonchev–Trinajstić information content (AvgIpc) is 2.55. The van der Waals surface area contributed by atoms with Crippen LogP contribution in [0.3, 0.4) is 0 Å². The molecule has 114 valence electrons. The van der Waals surface area contributed by atoms with Crippen LogP contribution in [0.1, 0.15) is 60.4 Å². The van der Waals surface area contributed by atoms with E-state index < -0.39 is 5.91 Å². The molecule has 5 nitrogen and oxygen atoms in total. The van der Waals surface area contributed by atoms with Gasteiger partial charge in [-0.2, -0.15) is 0 Å². The first-order chi connectivity index (χ1) is 10.2. The number of rotatable bonds is 5. The van der Waals surface area contributed by atoms with E-state index in [9.17, 15) is 9.59 Å². The molecule has 0 aliphatic heterocycles. The number of hydroxylamine groups is 1. The summed E-state index contributed by atoms with van der Waals surface area (Å²) in [6, 6.07) is 7.74. The van der Waals surface area contributed by atoms with Crippen LogP contribution < -0.4 is 10.8 Å². The smallest absolute Gasteiger partial charge is 0.251 e. The van der Waals surface area contributed by atoms with Gasteiger partial charge in [-0.25, -0.2) is 5.48 Å². The van der Waals surface area contributed by atoms with E-state index in [4.69, 9.17) is 5.21 Å².